The van der Waals surface area contributed by atoms with Gasteiger partial charge in [-0.15, -0.1) is 11.3 Å². The molecule has 0 unspecified atom stereocenters. The molecule has 1 heterocycles. The van der Waals surface area contributed by atoms with Crippen molar-refractivity contribution in [2.45, 2.75) is 18.2 Å². The molecule has 3 aromatic rings. The Morgan fingerprint density at radius 1 is 1.12 bits per heavy atom. The normalized spacial score (nSPS) is 11.5. The Morgan fingerprint density at radius 2 is 1.76 bits per heavy atom. The number of thiazole rings is 1. The van der Waals surface area contributed by atoms with Gasteiger partial charge in [0.25, 0.3) is 10.0 Å². The monoisotopic (exact) mass is 440 g/mol. The molecule has 8 heteroatoms. The van der Waals surface area contributed by atoms with E-state index in [1.54, 1.807) is 24.3 Å². The van der Waals surface area contributed by atoms with Crippen LogP contribution in [-0.4, -0.2) is 13.4 Å². The van der Waals surface area contributed by atoms with Gasteiger partial charge in [-0.1, -0.05) is 22.9 Å². The molecule has 0 radical (unpaired) electrons. The highest BCUT2D eigenvalue weighted by Gasteiger charge is 2.19. The van der Waals surface area contributed by atoms with E-state index in [-0.39, 0.29) is 10.7 Å². The topological polar surface area (TPSA) is 59.1 Å². The largest absolute Gasteiger partial charge is 0.263 e. The maximum atomic E-state index is 13.1. The summed E-state index contributed by atoms with van der Waals surface area (Å²) < 4.78 is 41.4. The molecule has 0 saturated carbocycles. The summed E-state index contributed by atoms with van der Waals surface area (Å²) in [5.41, 5.74) is 1.42. The van der Waals surface area contributed by atoms with Gasteiger partial charge in [-0.05, 0) is 55.0 Å². The van der Waals surface area contributed by atoms with Gasteiger partial charge in [0.15, 0.2) is 5.13 Å². The van der Waals surface area contributed by atoms with Crippen molar-refractivity contribution in [2.75, 3.05) is 4.72 Å². The van der Waals surface area contributed by atoms with Crippen molar-refractivity contribution in [1.82, 2.24) is 4.98 Å². The summed E-state index contributed by atoms with van der Waals surface area (Å²) in [6.07, 6.45) is 0.699. The quantitative estimate of drug-likeness (QED) is 0.601. The summed E-state index contributed by atoms with van der Waals surface area (Å²) in [5, 5.41) is 0.291. The van der Waals surface area contributed by atoms with Gasteiger partial charge in [0.2, 0.25) is 0 Å². The standard InChI is InChI=1S/C17H14BrFN2O2S2/c1-2-15-16(11-3-7-13(19)8-4-11)20-17(24-15)21-25(22,23)14-9-5-12(18)6-10-14/h3-10H,2H2,1H3,(H,20,21). The van der Waals surface area contributed by atoms with Crippen molar-refractivity contribution < 1.29 is 12.8 Å². The third-order valence-corrected chi connectivity index (χ3v) is 6.61. The second-order valence-electron chi connectivity index (χ2n) is 5.21. The summed E-state index contributed by atoms with van der Waals surface area (Å²) in [4.78, 5) is 5.50. The minimum atomic E-state index is -3.71. The first-order valence-electron chi connectivity index (χ1n) is 7.43. The summed E-state index contributed by atoms with van der Waals surface area (Å²) in [7, 11) is -3.71. The van der Waals surface area contributed by atoms with Gasteiger partial charge in [0, 0.05) is 14.9 Å². The zero-order valence-corrected chi connectivity index (χ0v) is 16.4. The molecule has 0 atom stereocenters. The van der Waals surface area contributed by atoms with Gasteiger partial charge in [-0.3, -0.25) is 4.72 Å². The highest BCUT2D eigenvalue weighted by Crippen LogP contribution is 2.32. The molecule has 4 nitrogen and oxygen atoms in total. The average molecular weight is 441 g/mol. The lowest BCUT2D eigenvalue weighted by Crippen LogP contribution is -2.12. The van der Waals surface area contributed by atoms with Gasteiger partial charge in [0.05, 0.1) is 10.6 Å². The van der Waals surface area contributed by atoms with Crippen molar-refractivity contribution in [3.05, 3.63) is 63.7 Å². The first kappa shape index (κ1) is 18.0. The third-order valence-electron chi connectivity index (χ3n) is 3.48. The van der Waals surface area contributed by atoms with Crippen LogP contribution in [0.25, 0.3) is 11.3 Å². The number of sulfonamides is 1. The van der Waals surface area contributed by atoms with Crippen LogP contribution in [-0.2, 0) is 16.4 Å². The van der Waals surface area contributed by atoms with E-state index in [4.69, 9.17) is 0 Å². The molecule has 0 saturated heterocycles. The minimum Gasteiger partial charge on any atom is -0.255 e. The SMILES string of the molecule is CCc1sc(NS(=O)(=O)c2ccc(Br)cc2)nc1-c1ccc(F)cc1. The maximum Gasteiger partial charge on any atom is 0.263 e. The Kier molecular flexibility index (Phi) is 5.21. The first-order chi connectivity index (χ1) is 11.9. The first-order valence-corrected chi connectivity index (χ1v) is 10.5. The lowest BCUT2D eigenvalue weighted by molar-refractivity contribution is 0.601. The van der Waals surface area contributed by atoms with Crippen molar-refractivity contribution in [1.29, 1.82) is 0 Å². The Morgan fingerprint density at radius 3 is 2.36 bits per heavy atom. The van der Waals surface area contributed by atoms with Crippen molar-refractivity contribution >= 4 is 42.4 Å². The summed E-state index contributed by atoms with van der Waals surface area (Å²) in [5.74, 6) is -0.326. The van der Waals surface area contributed by atoms with Crippen LogP contribution >= 0.6 is 27.3 Å². The minimum absolute atomic E-state index is 0.160. The Balaban J connectivity index is 1.93. The molecule has 0 bridgehead atoms. The maximum absolute atomic E-state index is 13.1. The van der Waals surface area contributed by atoms with Crippen LogP contribution < -0.4 is 4.72 Å². The number of benzene rings is 2. The van der Waals surface area contributed by atoms with Crippen LogP contribution in [0.5, 0.6) is 0 Å². The molecule has 1 N–H and O–H groups in total. The average Bonchev–Trinajstić information content (AvgIpc) is 2.98. The van der Waals surface area contributed by atoms with Crippen molar-refractivity contribution in [2.24, 2.45) is 0 Å². The predicted molar refractivity (Wildman–Crippen MR) is 102 cm³/mol. The summed E-state index contributed by atoms with van der Waals surface area (Å²) in [6, 6.07) is 12.4. The van der Waals surface area contributed by atoms with Gasteiger partial charge < -0.3 is 0 Å². The van der Waals surface area contributed by atoms with Gasteiger partial charge in [-0.2, -0.15) is 0 Å². The second kappa shape index (κ2) is 7.23. The number of nitrogens with zero attached hydrogens (tertiary/aromatic N) is 1. The highest BCUT2D eigenvalue weighted by atomic mass is 79.9. The molecule has 0 aliphatic carbocycles. The molecule has 0 spiro atoms. The smallest absolute Gasteiger partial charge is 0.255 e. The molecule has 0 amide bonds. The van der Waals surface area contributed by atoms with Crippen LogP contribution in [0.3, 0.4) is 0 Å². The molecule has 25 heavy (non-hydrogen) atoms. The lowest BCUT2D eigenvalue weighted by atomic mass is 10.1. The fraction of sp³-hybridized carbons (Fsp3) is 0.118. The van der Waals surface area contributed by atoms with E-state index in [0.717, 1.165) is 14.9 Å². The number of hydrogen-bond acceptors (Lipinski definition) is 4. The van der Waals surface area contributed by atoms with Crippen LogP contribution in [0.1, 0.15) is 11.8 Å². The van der Waals surface area contributed by atoms with Crippen LogP contribution in [0, 0.1) is 5.82 Å². The molecule has 0 fully saturated rings. The van der Waals surface area contributed by atoms with E-state index in [9.17, 15) is 12.8 Å². The highest BCUT2D eigenvalue weighted by molar-refractivity contribution is 9.10. The number of aromatic nitrogens is 1. The molecule has 130 valence electrons. The fourth-order valence-electron chi connectivity index (χ4n) is 2.26. The van der Waals surface area contributed by atoms with Crippen molar-refractivity contribution in [3.63, 3.8) is 0 Å². The van der Waals surface area contributed by atoms with Crippen LogP contribution in [0.2, 0.25) is 0 Å². The molecule has 2 aromatic carbocycles. The molecular formula is C17H14BrFN2O2S2. The Labute approximate surface area is 157 Å². The van der Waals surface area contributed by atoms with E-state index in [1.165, 1.54) is 35.6 Å². The van der Waals surface area contributed by atoms with Crippen LogP contribution in [0.4, 0.5) is 9.52 Å². The van der Waals surface area contributed by atoms with E-state index in [1.807, 2.05) is 6.92 Å². The third kappa shape index (κ3) is 4.08. The number of hydrogen-bond donors (Lipinski definition) is 1. The zero-order chi connectivity index (χ0) is 18.0. The lowest BCUT2D eigenvalue weighted by Gasteiger charge is -2.05. The number of rotatable bonds is 5. The predicted octanol–water partition coefficient (Wildman–Crippen LogP) is 5.07. The van der Waals surface area contributed by atoms with E-state index < -0.39 is 10.0 Å². The van der Waals surface area contributed by atoms with Gasteiger partial charge >= 0.3 is 0 Å². The number of aryl methyl sites for hydroxylation is 1. The summed E-state index contributed by atoms with van der Waals surface area (Å²) in [6.45, 7) is 1.97. The molecule has 1 aromatic heterocycles. The fourth-order valence-corrected chi connectivity index (χ4v) is 4.68. The molecular weight excluding hydrogens is 427 g/mol. The second-order valence-corrected chi connectivity index (χ2v) is 8.89. The van der Waals surface area contributed by atoms with Crippen LogP contribution in [0.15, 0.2) is 57.9 Å². The molecule has 0 aliphatic heterocycles. The Hall–Kier alpha value is -1.77. The number of nitrogens with one attached hydrogen (secondary N) is 1. The Bertz CT molecular complexity index is 984. The van der Waals surface area contributed by atoms with Gasteiger partial charge in [-0.25, -0.2) is 17.8 Å². The van der Waals surface area contributed by atoms with E-state index >= 15 is 0 Å². The van der Waals surface area contributed by atoms with E-state index in [0.29, 0.717) is 17.2 Å². The van der Waals surface area contributed by atoms with E-state index in [2.05, 4.69) is 25.6 Å². The molecule has 3 rings (SSSR count). The van der Waals surface area contributed by atoms with Crippen molar-refractivity contribution in [3.8, 4) is 11.3 Å². The van der Waals surface area contributed by atoms with Gasteiger partial charge in [0.1, 0.15) is 5.82 Å². The number of halogens is 2. The number of anilines is 1. The zero-order valence-electron chi connectivity index (χ0n) is 13.2. The summed E-state index contributed by atoms with van der Waals surface area (Å²) >= 11 is 4.56. The molecule has 0 aliphatic rings.